The monoisotopic (exact) mass is 158 g/mol. The molecule has 1 radical (unpaired) electrons. The summed E-state index contributed by atoms with van der Waals surface area (Å²) in [6.45, 7) is 0. The van der Waals surface area contributed by atoms with Gasteiger partial charge in [-0.1, -0.05) is 18.2 Å². The Kier molecular flexibility index (Phi) is 1.59. The predicted molar refractivity (Wildman–Crippen MR) is 47.4 cm³/mol. The molecule has 2 N–H and O–H groups in total. The largest absolute Gasteiger partial charge is 0.460 e. The van der Waals surface area contributed by atoms with Gasteiger partial charge in [0.1, 0.15) is 0 Å². The van der Waals surface area contributed by atoms with E-state index in [9.17, 15) is 0 Å². The maximum atomic E-state index is 5.75. The van der Waals surface area contributed by atoms with E-state index in [2.05, 4.69) is 6.26 Å². The van der Waals surface area contributed by atoms with Crippen LogP contribution in [-0.2, 0) is 0 Å². The summed E-state index contributed by atoms with van der Waals surface area (Å²) in [5.41, 5.74) is 8.36. The van der Waals surface area contributed by atoms with Crippen LogP contribution >= 0.6 is 0 Å². The van der Waals surface area contributed by atoms with Crippen molar-refractivity contribution in [3.8, 4) is 11.1 Å². The predicted octanol–water partition coefficient (Wildman–Crippen LogP) is 2.33. The number of furan rings is 1. The highest BCUT2D eigenvalue weighted by molar-refractivity contribution is 5.74. The number of hydrogen-bond acceptors (Lipinski definition) is 2. The molecule has 1 heterocycles. The van der Waals surface area contributed by atoms with E-state index in [1.165, 1.54) is 0 Å². The molecule has 2 aromatic rings. The second kappa shape index (κ2) is 2.74. The second-order valence-electron chi connectivity index (χ2n) is 2.52. The molecule has 0 spiro atoms. The highest BCUT2D eigenvalue weighted by Crippen LogP contribution is 2.24. The lowest BCUT2D eigenvalue weighted by atomic mass is 10.1. The number of hydrogen-bond donors (Lipinski definition) is 1. The van der Waals surface area contributed by atoms with Gasteiger partial charge in [0, 0.05) is 16.8 Å². The van der Waals surface area contributed by atoms with Gasteiger partial charge in [-0.05, 0) is 12.1 Å². The van der Waals surface area contributed by atoms with Gasteiger partial charge in [0.25, 0.3) is 0 Å². The molecule has 0 saturated heterocycles. The third-order valence-electron chi connectivity index (χ3n) is 1.72. The van der Waals surface area contributed by atoms with Crippen molar-refractivity contribution in [2.75, 3.05) is 5.73 Å². The van der Waals surface area contributed by atoms with E-state index in [1.54, 1.807) is 6.26 Å². The molecule has 0 aliphatic heterocycles. The number of rotatable bonds is 1. The molecule has 1 aromatic carbocycles. The fourth-order valence-corrected chi connectivity index (χ4v) is 1.12. The smallest absolute Gasteiger partial charge is 0.177 e. The van der Waals surface area contributed by atoms with Crippen LogP contribution in [0, 0.1) is 6.26 Å². The molecule has 59 valence electrons. The number of anilines is 1. The van der Waals surface area contributed by atoms with Crippen LogP contribution in [0.2, 0.25) is 0 Å². The van der Waals surface area contributed by atoms with E-state index >= 15 is 0 Å². The molecule has 1 aromatic heterocycles. The SMILES string of the molecule is Nc1ccccc1-c1[c]occ1. The number of nitrogens with two attached hydrogens (primary N) is 1. The topological polar surface area (TPSA) is 39.2 Å². The summed E-state index contributed by atoms with van der Waals surface area (Å²) in [5, 5.41) is 0. The number of benzene rings is 1. The van der Waals surface area contributed by atoms with Crippen LogP contribution in [0.4, 0.5) is 5.69 Å². The van der Waals surface area contributed by atoms with Crippen molar-refractivity contribution in [1.29, 1.82) is 0 Å². The lowest BCUT2D eigenvalue weighted by molar-refractivity contribution is 0.559. The Labute approximate surface area is 70.6 Å². The third-order valence-corrected chi connectivity index (χ3v) is 1.72. The molecule has 0 aliphatic rings. The van der Waals surface area contributed by atoms with Crippen LogP contribution in [0.1, 0.15) is 0 Å². The molecular formula is C10H8NO. The molecule has 2 nitrogen and oxygen atoms in total. The summed E-state index contributed by atoms with van der Waals surface area (Å²) < 4.78 is 4.84. The first-order chi connectivity index (χ1) is 5.88. The third kappa shape index (κ3) is 1.07. The summed E-state index contributed by atoms with van der Waals surface area (Å²) >= 11 is 0. The van der Waals surface area contributed by atoms with E-state index in [1.807, 2.05) is 30.3 Å². The lowest BCUT2D eigenvalue weighted by Crippen LogP contribution is -1.87. The quantitative estimate of drug-likeness (QED) is 0.647. The van der Waals surface area contributed by atoms with E-state index in [4.69, 9.17) is 10.2 Å². The second-order valence-corrected chi connectivity index (χ2v) is 2.52. The van der Waals surface area contributed by atoms with Crippen molar-refractivity contribution in [2.45, 2.75) is 0 Å². The summed E-state index contributed by atoms with van der Waals surface area (Å²) in [5.74, 6) is 0. The highest BCUT2D eigenvalue weighted by Gasteiger charge is 2.01. The normalized spacial score (nSPS) is 10.0. The first kappa shape index (κ1) is 6.98. The van der Waals surface area contributed by atoms with Gasteiger partial charge in [0.05, 0.1) is 6.26 Å². The molecule has 0 unspecified atom stereocenters. The maximum Gasteiger partial charge on any atom is 0.177 e. The van der Waals surface area contributed by atoms with E-state index in [0.717, 1.165) is 16.8 Å². The van der Waals surface area contributed by atoms with E-state index < -0.39 is 0 Å². The Hall–Kier alpha value is -1.70. The zero-order valence-corrected chi connectivity index (χ0v) is 6.45. The van der Waals surface area contributed by atoms with Crippen molar-refractivity contribution >= 4 is 5.69 Å². The standard InChI is InChI=1S/C10H8NO/c11-10-4-2-1-3-9(10)8-5-6-12-7-8/h1-6H,11H2. The Bertz CT molecular complexity index is 365. The first-order valence-corrected chi connectivity index (χ1v) is 3.68. The molecule has 0 aliphatic carbocycles. The van der Waals surface area contributed by atoms with Gasteiger partial charge in [-0.15, -0.1) is 0 Å². The average Bonchev–Trinajstić information content (AvgIpc) is 2.57. The van der Waals surface area contributed by atoms with Crippen molar-refractivity contribution in [3.63, 3.8) is 0 Å². The summed E-state index contributed by atoms with van der Waals surface area (Å²) in [6, 6.07) is 9.48. The first-order valence-electron chi connectivity index (χ1n) is 3.68. The summed E-state index contributed by atoms with van der Waals surface area (Å²) in [7, 11) is 0. The van der Waals surface area contributed by atoms with Crippen LogP contribution in [0.15, 0.2) is 41.0 Å². The van der Waals surface area contributed by atoms with Crippen molar-refractivity contribution < 1.29 is 4.42 Å². The molecular weight excluding hydrogens is 150 g/mol. The van der Waals surface area contributed by atoms with Crippen LogP contribution in [0.5, 0.6) is 0 Å². The molecule has 2 rings (SSSR count). The number of nitrogen functional groups attached to an aromatic ring is 1. The van der Waals surface area contributed by atoms with Gasteiger partial charge in [0.15, 0.2) is 6.26 Å². The number of para-hydroxylation sites is 1. The minimum atomic E-state index is 0.746. The molecule has 12 heavy (non-hydrogen) atoms. The fourth-order valence-electron chi connectivity index (χ4n) is 1.12. The van der Waals surface area contributed by atoms with Crippen molar-refractivity contribution in [1.82, 2.24) is 0 Å². The summed E-state index contributed by atoms with van der Waals surface area (Å²) in [6.07, 6.45) is 4.32. The Balaban J connectivity index is 2.55. The van der Waals surface area contributed by atoms with Crippen LogP contribution in [0.3, 0.4) is 0 Å². The van der Waals surface area contributed by atoms with Gasteiger partial charge < -0.3 is 10.2 Å². The Morgan fingerprint density at radius 2 is 2.00 bits per heavy atom. The van der Waals surface area contributed by atoms with Crippen LogP contribution in [-0.4, -0.2) is 0 Å². The molecule has 0 amide bonds. The van der Waals surface area contributed by atoms with Crippen molar-refractivity contribution in [3.05, 3.63) is 42.9 Å². The minimum Gasteiger partial charge on any atom is -0.460 e. The van der Waals surface area contributed by atoms with Gasteiger partial charge in [-0.2, -0.15) is 0 Å². The highest BCUT2D eigenvalue weighted by atomic mass is 16.3. The molecule has 0 saturated carbocycles. The summed E-state index contributed by atoms with van der Waals surface area (Å²) in [4.78, 5) is 0. The van der Waals surface area contributed by atoms with E-state index in [-0.39, 0.29) is 0 Å². The Morgan fingerprint density at radius 3 is 2.67 bits per heavy atom. The molecule has 0 fully saturated rings. The van der Waals surface area contributed by atoms with Gasteiger partial charge in [0.2, 0.25) is 0 Å². The zero-order valence-electron chi connectivity index (χ0n) is 6.45. The molecule has 0 atom stereocenters. The van der Waals surface area contributed by atoms with Gasteiger partial charge >= 0.3 is 0 Å². The minimum absolute atomic E-state index is 0.746. The van der Waals surface area contributed by atoms with Gasteiger partial charge in [-0.25, -0.2) is 0 Å². The fraction of sp³-hybridized carbons (Fsp3) is 0. The van der Waals surface area contributed by atoms with Crippen LogP contribution in [0.25, 0.3) is 11.1 Å². The Morgan fingerprint density at radius 1 is 1.17 bits per heavy atom. The lowest BCUT2D eigenvalue weighted by Gasteiger charge is -1.99. The maximum absolute atomic E-state index is 5.75. The molecule has 2 heteroatoms. The molecule has 0 bridgehead atoms. The van der Waals surface area contributed by atoms with Crippen molar-refractivity contribution in [2.24, 2.45) is 0 Å². The van der Waals surface area contributed by atoms with E-state index in [0.29, 0.717) is 0 Å². The average molecular weight is 158 g/mol. The zero-order chi connectivity index (χ0) is 8.39. The van der Waals surface area contributed by atoms with Gasteiger partial charge in [-0.3, -0.25) is 0 Å². The van der Waals surface area contributed by atoms with Crippen LogP contribution < -0.4 is 5.73 Å².